The van der Waals surface area contributed by atoms with Gasteiger partial charge in [0, 0.05) is 40.3 Å². The number of aliphatic imine (C=N–C) groups is 1. The van der Waals surface area contributed by atoms with E-state index in [2.05, 4.69) is 15.6 Å². The summed E-state index contributed by atoms with van der Waals surface area (Å²) in [6, 6.07) is 7.04. The lowest BCUT2D eigenvalue weighted by atomic mass is 10.2. The highest BCUT2D eigenvalue weighted by molar-refractivity contribution is 7.89. The second-order valence-electron chi connectivity index (χ2n) is 5.95. The van der Waals surface area contributed by atoms with E-state index in [0.717, 1.165) is 24.8 Å². The van der Waals surface area contributed by atoms with Crippen molar-refractivity contribution in [2.75, 3.05) is 40.4 Å². The smallest absolute Gasteiger partial charge is 0.243 e. The van der Waals surface area contributed by atoms with E-state index in [0.29, 0.717) is 43.6 Å². The number of hydrogen-bond donors (Lipinski definition) is 2. The molecule has 1 fully saturated rings. The summed E-state index contributed by atoms with van der Waals surface area (Å²) in [5, 5.41) is 6.32. The zero-order valence-corrected chi connectivity index (χ0v) is 15.8. The number of methoxy groups -OCH3 is 1. The van der Waals surface area contributed by atoms with E-state index in [1.165, 1.54) is 0 Å². The molecule has 2 N–H and O–H groups in total. The summed E-state index contributed by atoms with van der Waals surface area (Å²) < 4.78 is 31.8. The van der Waals surface area contributed by atoms with Gasteiger partial charge in [0.1, 0.15) is 0 Å². The van der Waals surface area contributed by atoms with Crippen LogP contribution >= 0.6 is 0 Å². The Morgan fingerprint density at radius 3 is 2.44 bits per heavy atom. The molecular formula is C17H28N4O3S. The normalized spacial score (nSPS) is 16.6. The average molecular weight is 369 g/mol. The number of nitrogens with zero attached hydrogens (tertiary/aromatic N) is 2. The average Bonchev–Trinajstić information content (AvgIpc) is 2.65. The van der Waals surface area contributed by atoms with Crippen molar-refractivity contribution in [3.63, 3.8) is 0 Å². The first kappa shape index (κ1) is 19.7. The van der Waals surface area contributed by atoms with Crippen molar-refractivity contribution in [3.8, 4) is 0 Å². The van der Waals surface area contributed by atoms with Crippen LogP contribution in [0.15, 0.2) is 34.2 Å². The summed E-state index contributed by atoms with van der Waals surface area (Å²) in [7, 11) is -0.0118. The first-order valence-electron chi connectivity index (χ1n) is 8.60. The topological polar surface area (TPSA) is 83.0 Å². The van der Waals surface area contributed by atoms with Crippen LogP contribution in [0.3, 0.4) is 0 Å². The number of ether oxygens (including phenoxy) is 1. The Kier molecular flexibility index (Phi) is 7.67. The van der Waals surface area contributed by atoms with Gasteiger partial charge in [-0.15, -0.1) is 0 Å². The molecular weight excluding hydrogens is 340 g/mol. The van der Waals surface area contributed by atoms with Crippen LogP contribution in [0.2, 0.25) is 0 Å². The summed E-state index contributed by atoms with van der Waals surface area (Å²) >= 11 is 0. The van der Waals surface area contributed by atoms with Crippen LogP contribution in [0.1, 0.15) is 24.8 Å². The zero-order chi connectivity index (χ0) is 18.1. The van der Waals surface area contributed by atoms with Gasteiger partial charge < -0.3 is 15.4 Å². The predicted octanol–water partition coefficient (Wildman–Crippen LogP) is 1.17. The molecule has 1 aliphatic heterocycles. The van der Waals surface area contributed by atoms with Crippen molar-refractivity contribution < 1.29 is 13.2 Å². The van der Waals surface area contributed by atoms with E-state index < -0.39 is 10.0 Å². The lowest BCUT2D eigenvalue weighted by Crippen LogP contribution is -2.38. The predicted molar refractivity (Wildman–Crippen MR) is 99.1 cm³/mol. The Bertz CT molecular complexity index is 653. The van der Waals surface area contributed by atoms with Gasteiger partial charge in [0.05, 0.1) is 11.5 Å². The minimum Gasteiger partial charge on any atom is -0.383 e. The van der Waals surface area contributed by atoms with Gasteiger partial charge in [-0.2, -0.15) is 4.31 Å². The molecule has 7 nitrogen and oxygen atoms in total. The van der Waals surface area contributed by atoms with E-state index in [1.807, 2.05) is 12.1 Å². The number of sulfonamides is 1. The molecule has 0 unspecified atom stereocenters. The maximum Gasteiger partial charge on any atom is 0.243 e. The van der Waals surface area contributed by atoms with Gasteiger partial charge in [0.15, 0.2) is 5.96 Å². The van der Waals surface area contributed by atoms with Crippen molar-refractivity contribution in [2.24, 2.45) is 4.99 Å². The molecule has 1 heterocycles. The number of nitrogens with one attached hydrogen (secondary N) is 2. The maximum atomic E-state index is 12.6. The van der Waals surface area contributed by atoms with E-state index in [9.17, 15) is 8.42 Å². The molecule has 0 spiro atoms. The van der Waals surface area contributed by atoms with Crippen molar-refractivity contribution in [1.29, 1.82) is 0 Å². The number of benzene rings is 1. The molecule has 140 valence electrons. The van der Waals surface area contributed by atoms with Gasteiger partial charge in [-0.1, -0.05) is 18.6 Å². The van der Waals surface area contributed by atoms with Gasteiger partial charge in [0.25, 0.3) is 0 Å². The fourth-order valence-electron chi connectivity index (χ4n) is 2.71. The highest BCUT2D eigenvalue weighted by Gasteiger charge is 2.25. The molecule has 0 atom stereocenters. The molecule has 1 aliphatic rings. The molecule has 0 saturated carbocycles. The summed E-state index contributed by atoms with van der Waals surface area (Å²) in [5.74, 6) is 0.682. The summed E-state index contributed by atoms with van der Waals surface area (Å²) in [6.07, 6.45) is 2.99. The van der Waals surface area contributed by atoms with Gasteiger partial charge in [-0.05, 0) is 30.5 Å². The Hall–Kier alpha value is -1.64. The molecule has 1 saturated heterocycles. The van der Waals surface area contributed by atoms with Gasteiger partial charge in [0.2, 0.25) is 10.0 Å². The Balaban J connectivity index is 1.93. The van der Waals surface area contributed by atoms with E-state index in [1.54, 1.807) is 30.6 Å². The number of rotatable bonds is 7. The number of guanidine groups is 1. The standard InChI is InChI=1S/C17H28N4O3S/c1-18-17(19-10-13-24-2)20-14-15-6-8-16(9-7-15)25(22,23)21-11-4-3-5-12-21/h6-9H,3-5,10-14H2,1-2H3,(H2,18,19,20). The minimum absolute atomic E-state index is 0.362. The summed E-state index contributed by atoms with van der Waals surface area (Å²) in [6.45, 7) is 3.08. The molecule has 0 radical (unpaired) electrons. The Morgan fingerprint density at radius 2 is 1.84 bits per heavy atom. The van der Waals surface area contributed by atoms with Crippen molar-refractivity contribution in [3.05, 3.63) is 29.8 Å². The van der Waals surface area contributed by atoms with E-state index in [4.69, 9.17) is 4.74 Å². The Morgan fingerprint density at radius 1 is 1.16 bits per heavy atom. The maximum absolute atomic E-state index is 12.6. The second-order valence-corrected chi connectivity index (χ2v) is 7.89. The highest BCUT2D eigenvalue weighted by atomic mass is 32.2. The van der Waals surface area contributed by atoms with Crippen LogP contribution in [-0.2, 0) is 21.3 Å². The Labute approximate surface area is 150 Å². The van der Waals surface area contributed by atoms with E-state index >= 15 is 0 Å². The van der Waals surface area contributed by atoms with Crippen molar-refractivity contribution in [1.82, 2.24) is 14.9 Å². The minimum atomic E-state index is -3.37. The fourth-order valence-corrected chi connectivity index (χ4v) is 4.23. The third-order valence-electron chi connectivity index (χ3n) is 4.16. The third-order valence-corrected chi connectivity index (χ3v) is 6.07. The highest BCUT2D eigenvalue weighted by Crippen LogP contribution is 2.20. The van der Waals surface area contributed by atoms with Gasteiger partial charge in [-0.25, -0.2) is 8.42 Å². The molecule has 0 aliphatic carbocycles. The van der Waals surface area contributed by atoms with Crippen LogP contribution in [0.4, 0.5) is 0 Å². The van der Waals surface area contributed by atoms with E-state index in [-0.39, 0.29) is 0 Å². The van der Waals surface area contributed by atoms with Crippen molar-refractivity contribution >= 4 is 16.0 Å². The zero-order valence-electron chi connectivity index (χ0n) is 15.0. The molecule has 1 aromatic rings. The lowest BCUT2D eigenvalue weighted by molar-refractivity contribution is 0.203. The molecule has 25 heavy (non-hydrogen) atoms. The van der Waals surface area contributed by atoms with Crippen LogP contribution < -0.4 is 10.6 Å². The summed E-state index contributed by atoms with van der Waals surface area (Å²) in [5.41, 5.74) is 0.993. The third kappa shape index (κ3) is 5.69. The van der Waals surface area contributed by atoms with Crippen LogP contribution in [0, 0.1) is 0 Å². The largest absolute Gasteiger partial charge is 0.383 e. The second kappa shape index (κ2) is 9.74. The first-order chi connectivity index (χ1) is 12.1. The lowest BCUT2D eigenvalue weighted by Gasteiger charge is -2.25. The monoisotopic (exact) mass is 368 g/mol. The number of piperidine rings is 1. The molecule has 8 heteroatoms. The first-order valence-corrected chi connectivity index (χ1v) is 10.0. The van der Waals surface area contributed by atoms with Crippen LogP contribution in [-0.4, -0.2) is 59.1 Å². The molecule has 0 bridgehead atoms. The molecule has 1 aromatic carbocycles. The fraction of sp³-hybridized carbons (Fsp3) is 0.588. The SMILES string of the molecule is CN=C(NCCOC)NCc1ccc(S(=O)(=O)N2CCCCC2)cc1. The molecule has 0 aromatic heterocycles. The molecule has 2 rings (SSSR count). The van der Waals surface area contributed by atoms with Gasteiger partial charge >= 0.3 is 0 Å². The number of hydrogen-bond acceptors (Lipinski definition) is 4. The molecule has 0 amide bonds. The van der Waals surface area contributed by atoms with Crippen LogP contribution in [0.5, 0.6) is 0 Å². The quantitative estimate of drug-likeness (QED) is 0.429. The summed E-state index contributed by atoms with van der Waals surface area (Å²) in [4.78, 5) is 4.49. The van der Waals surface area contributed by atoms with Gasteiger partial charge in [-0.3, -0.25) is 4.99 Å². The van der Waals surface area contributed by atoms with Crippen LogP contribution in [0.25, 0.3) is 0 Å². The van der Waals surface area contributed by atoms with Crippen molar-refractivity contribution in [2.45, 2.75) is 30.7 Å².